The van der Waals surface area contributed by atoms with Crippen molar-refractivity contribution in [2.75, 3.05) is 33.0 Å². The Balaban J connectivity index is 1.62. The fraction of sp³-hybridized carbons (Fsp3) is 0.348. The van der Waals surface area contributed by atoms with E-state index in [4.69, 9.17) is 21.3 Å². The number of nitrogens with zero attached hydrogens (tertiary/aromatic N) is 3. The number of hydrogen-bond donors (Lipinski definition) is 0. The summed E-state index contributed by atoms with van der Waals surface area (Å²) in [5, 5.41) is 1.71. The number of aromatic nitrogens is 2. The van der Waals surface area contributed by atoms with Crippen molar-refractivity contribution in [1.29, 1.82) is 0 Å². The Bertz CT molecular complexity index is 953. The first kappa shape index (κ1) is 20.3. The lowest BCUT2D eigenvalue weighted by atomic mass is 10.1. The van der Waals surface area contributed by atoms with E-state index >= 15 is 0 Å². The Hall–Kier alpha value is -1.95. The highest BCUT2D eigenvalue weighted by Crippen LogP contribution is 2.35. The number of ether oxygens (including phenoxy) is 1. The maximum atomic E-state index is 6.13. The molecule has 1 fully saturated rings. The maximum Gasteiger partial charge on any atom is 0.173 e. The summed E-state index contributed by atoms with van der Waals surface area (Å²) in [5.74, 6) is 2.75. The van der Waals surface area contributed by atoms with Crippen LogP contribution in [0.4, 0.5) is 0 Å². The SMILES string of the molecule is COc1ccccc1-c1cnc(SCCN(C)CC2CC2)n1-c1ccc(Cl)cc1. The molecule has 0 unspecified atom stereocenters. The number of para-hydroxylation sites is 1. The zero-order valence-electron chi connectivity index (χ0n) is 16.8. The lowest BCUT2D eigenvalue weighted by Crippen LogP contribution is -2.23. The second-order valence-corrected chi connectivity index (χ2v) is 8.99. The number of methoxy groups -OCH3 is 1. The first-order chi connectivity index (χ1) is 14.2. The predicted molar refractivity (Wildman–Crippen MR) is 122 cm³/mol. The Morgan fingerprint density at radius 3 is 2.66 bits per heavy atom. The van der Waals surface area contributed by atoms with Gasteiger partial charge >= 0.3 is 0 Å². The zero-order chi connectivity index (χ0) is 20.2. The average Bonchev–Trinajstić information content (AvgIpc) is 3.45. The molecule has 0 atom stereocenters. The summed E-state index contributed by atoms with van der Waals surface area (Å²) in [6.45, 7) is 2.26. The molecule has 1 heterocycles. The molecule has 1 aliphatic rings. The topological polar surface area (TPSA) is 30.3 Å². The maximum absolute atomic E-state index is 6.13. The van der Waals surface area contributed by atoms with Crippen LogP contribution in [0.2, 0.25) is 5.02 Å². The highest BCUT2D eigenvalue weighted by molar-refractivity contribution is 7.99. The van der Waals surface area contributed by atoms with Crippen LogP contribution in [0.3, 0.4) is 0 Å². The van der Waals surface area contributed by atoms with E-state index in [1.165, 1.54) is 19.4 Å². The molecule has 3 aromatic rings. The van der Waals surface area contributed by atoms with Crippen molar-refractivity contribution in [2.24, 2.45) is 5.92 Å². The minimum absolute atomic E-state index is 0.726. The van der Waals surface area contributed by atoms with Crippen LogP contribution in [0.5, 0.6) is 5.75 Å². The van der Waals surface area contributed by atoms with E-state index < -0.39 is 0 Å². The van der Waals surface area contributed by atoms with Gasteiger partial charge in [0.05, 0.1) is 19.0 Å². The number of halogens is 1. The third-order valence-electron chi connectivity index (χ3n) is 5.17. The van der Waals surface area contributed by atoms with Crippen LogP contribution < -0.4 is 4.74 Å². The summed E-state index contributed by atoms with van der Waals surface area (Å²) >= 11 is 7.91. The van der Waals surface area contributed by atoms with E-state index in [1.807, 2.05) is 48.7 Å². The van der Waals surface area contributed by atoms with E-state index in [0.717, 1.165) is 51.1 Å². The Morgan fingerprint density at radius 2 is 1.93 bits per heavy atom. The van der Waals surface area contributed by atoms with E-state index in [-0.39, 0.29) is 0 Å². The second-order valence-electron chi connectivity index (χ2n) is 7.49. The van der Waals surface area contributed by atoms with Gasteiger partial charge in [-0.3, -0.25) is 4.57 Å². The van der Waals surface area contributed by atoms with Gasteiger partial charge in [-0.25, -0.2) is 4.98 Å². The number of rotatable bonds is 9. The quantitative estimate of drug-likeness (QED) is 0.413. The van der Waals surface area contributed by atoms with Crippen LogP contribution in [-0.4, -0.2) is 47.5 Å². The number of imidazole rings is 1. The van der Waals surface area contributed by atoms with Gasteiger partial charge in [0.15, 0.2) is 5.16 Å². The summed E-state index contributed by atoms with van der Waals surface area (Å²) in [4.78, 5) is 7.19. The molecule has 4 rings (SSSR count). The van der Waals surface area contributed by atoms with Crippen molar-refractivity contribution in [1.82, 2.24) is 14.5 Å². The molecule has 0 radical (unpaired) electrons. The van der Waals surface area contributed by atoms with E-state index in [2.05, 4.69) is 22.6 Å². The first-order valence-electron chi connectivity index (χ1n) is 9.94. The first-order valence-corrected chi connectivity index (χ1v) is 11.3. The fourth-order valence-corrected chi connectivity index (χ4v) is 4.62. The molecule has 1 aromatic heterocycles. The average molecular weight is 428 g/mol. The molecule has 0 saturated heterocycles. The zero-order valence-corrected chi connectivity index (χ0v) is 18.4. The third kappa shape index (κ3) is 4.97. The Labute approximate surface area is 181 Å². The van der Waals surface area contributed by atoms with Gasteiger partial charge in [-0.2, -0.15) is 0 Å². The van der Waals surface area contributed by atoms with Gasteiger partial charge in [0.25, 0.3) is 0 Å². The number of hydrogen-bond acceptors (Lipinski definition) is 4. The second kappa shape index (κ2) is 9.24. The summed E-state index contributed by atoms with van der Waals surface area (Å²) in [7, 11) is 3.91. The Kier molecular flexibility index (Phi) is 6.48. The lowest BCUT2D eigenvalue weighted by Gasteiger charge is -2.17. The van der Waals surface area contributed by atoms with Gasteiger partial charge in [0, 0.05) is 35.1 Å². The lowest BCUT2D eigenvalue weighted by molar-refractivity contribution is 0.340. The molecule has 0 aliphatic heterocycles. The van der Waals surface area contributed by atoms with Crippen molar-refractivity contribution in [3.63, 3.8) is 0 Å². The molecule has 4 nitrogen and oxygen atoms in total. The van der Waals surface area contributed by atoms with Crippen molar-refractivity contribution >= 4 is 23.4 Å². The van der Waals surface area contributed by atoms with Crippen LogP contribution in [0.1, 0.15) is 12.8 Å². The monoisotopic (exact) mass is 427 g/mol. The highest BCUT2D eigenvalue weighted by atomic mass is 35.5. The van der Waals surface area contributed by atoms with Crippen LogP contribution in [-0.2, 0) is 0 Å². The molecule has 6 heteroatoms. The van der Waals surface area contributed by atoms with Gasteiger partial charge < -0.3 is 9.64 Å². The van der Waals surface area contributed by atoms with E-state index in [9.17, 15) is 0 Å². The standard InChI is InChI=1S/C23H26ClN3OS/c1-26(16-17-7-8-17)13-14-29-23-25-15-21(20-5-3-4-6-22(20)28-2)27(23)19-11-9-18(24)10-12-19/h3-6,9-12,15,17H,7-8,13-14,16H2,1-2H3. The van der Waals surface area contributed by atoms with Crippen LogP contribution in [0.15, 0.2) is 59.9 Å². The van der Waals surface area contributed by atoms with Gasteiger partial charge in [-0.15, -0.1) is 0 Å². The molecule has 1 saturated carbocycles. The van der Waals surface area contributed by atoms with E-state index in [1.54, 1.807) is 18.9 Å². The number of thioether (sulfide) groups is 1. The van der Waals surface area contributed by atoms with Crippen LogP contribution in [0, 0.1) is 5.92 Å². The van der Waals surface area contributed by atoms with Crippen molar-refractivity contribution < 1.29 is 4.74 Å². The molecular formula is C23H26ClN3OS. The largest absolute Gasteiger partial charge is 0.496 e. The summed E-state index contributed by atoms with van der Waals surface area (Å²) in [5.41, 5.74) is 3.08. The summed E-state index contributed by atoms with van der Waals surface area (Å²) in [6, 6.07) is 16.0. The third-order valence-corrected chi connectivity index (χ3v) is 6.35. The molecule has 29 heavy (non-hydrogen) atoms. The molecule has 0 N–H and O–H groups in total. The van der Waals surface area contributed by atoms with Gasteiger partial charge in [-0.05, 0) is 62.2 Å². The van der Waals surface area contributed by atoms with Crippen LogP contribution >= 0.6 is 23.4 Å². The predicted octanol–water partition coefficient (Wildman–Crippen LogP) is 5.64. The number of benzene rings is 2. The van der Waals surface area contributed by atoms with Gasteiger partial charge in [0.1, 0.15) is 5.75 Å². The van der Waals surface area contributed by atoms with E-state index in [0.29, 0.717) is 0 Å². The molecule has 0 spiro atoms. The molecular weight excluding hydrogens is 402 g/mol. The molecule has 152 valence electrons. The smallest absolute Gasteiger partial charge is 0.173 e. The minimum Gasteiger partial charge on any atom is -0.496 e. The summed E-state index contributed by atoms with van der Waals surface area (Å²) < 4.78 is 7.79. The summed E-state index contributed by atoms with van der Waals surface area (Å²) in [6.07, 6.45) is 4.71. The molecule has 2 aromatic carbocycles. The molecule has 0 amide bonds. The molecule has 0 bridgehead atoms. The Morgan fingerprint density at radius 1 is 1.17 bits per heavy atom. The normalized spacial score (nSPS) is 13.8. The molecule has 1 aliphatic carbocycles. The highest BCUT2D eigenvalue weighted by Gasteiger charge is 2.23. The van der Waals surface area contributed by atoms with Crippen molar-refractivity contribution in [2.45, 2.75) is 18.0 Å². The van der Waals surface area contributed by atoms with Crippen LogP contribution in [0.25, 0.3) is 16.9 Å². The van der Waals surface area contributed by atoms with Gasteiger partial charge in [-0.1, -0.05) is 35.5 Å². The van der Waals surface area contributed by atoms with Crippen molar-refractivity contribution in [3.8, 4) is 22.7 Å². The van der Waals surface area contributed by atoms with Crippen molar-refractivity contribution in [3.05, 3.63) is 59.8 Å². The fourth-order valence-electron chi connectivity index (χ4n) is 3.45. The van der Waals surface area contributed by atoms with Gasteiger partial charge in [0.2, 0.25) is 0 Å². The minimum atomic E-state index is 0.726.